The molecule has 1 N–H and O–H groups in total. The fourth-order valence-corrected chi connectivity index (χ4v) is 3.73. The van der Waals surface area contributed by atoms with Crippen LogP contribution in [0.25, 0.3) is 0 Å². The number of hydrogen-bond donors (Lipinski definition) is 1. The molecule has 0 unspecified atom stereocenters. The van der Waals surface area contributed by atoms with Gasteiger partial charge in [-0.25, -0.2) is 5.43 Å². The molecule has 1 aliphatic rings. The first-order chi connectivity index (χ1) is 12.5. The largest absolute Gasteiger partial charge is 0.483 e. The number of ether oxygens (including phenoxy) is 1. The van der Waals surface area contributed by atoms with E-state index in [1.54, 1.807) is 18.2 Å². The van der Waals surface area contributed by atoms with E-state index in [0.29, 0.717) is 15.2 Å². The molecular weight excluding hydrogens is 416 g/mol. The Bertz CT molecular complexity index is 852. The fourth-order valence-electron chi connectivity index (χ4n) is 2.94. The van der Waals surface area contributed by atoms with Crippen LogP contribution in [0, 0.1) is 0 Å². The third-order valence-corrected chi connectivity index (χ3v) is 5.22. The van der Waals surface area contributed by atoms with Gasteiger partial charge in [-0.1, -0.05) is 23.7 Å². The molecule has 0 radical (unpaired) electrons. The highest BCUT2D eigenvalue weighted by Gasteiger charge is 2.11. The van der Waals surface area contributed by atoms with Gasteiger partial charge in [0.25, 0.3) is 5.91 Å². The topological polar surface area (TPSA) is 50.7 Å². The highest BCUT2D eigenvalue weighted by molar-refractivity contribution is 9.10. The summed E-state index contributed by atoms with van der Waals surface area (Å²) >= 11 is 9.24. The second kappa shape index (κ2) is 8.69. The number of hydrazone groups is 1. The van der Waals surface area contributed by atoms with Crippen molar-refractivity contribution < 1.29 is 9.53 Å². The number of fused-ring (bicyclic) bond motifs is 1. The summed E-state index contributed by atoms with van der Waals surface area (Å²) < 4.78 is 6.18. The van der Waals surface area contributed by atoms with E-state index in [2.05, 4.69) is 44.7 Å². The van der Waals surface area contributed by atoms with Gasteiger partial charge in [-0.05, 0) is 89.5 Å². The maximum atomic E-state index is 12.0. The number of benzene rings is 2. The van der Waals surface area contributed by atoms with E-state index in [1.165, 1.54) is 24.0 Å². The van der Waals surface area contributed by atoms with E-state index in [1.807, 2.05) is 6.92 Å². The van der Waals surface area contributed by atoms with Crippen LogP contribution in [0.4, 0.5) is 0 Å². The smallest absolute Gasteiger partial charge is 0.277 e. The van der Waals surface area contributed by atoms with Gasteiger partial charge in [0.2, 0.25) is 0 Å². The zero-order chi connectivity index (χ0) is 18.5. The lowest BCUT2D eigenvalue weighted by atomic mass is 9.90. The Morgan fingerprint density at radius 2 is 1.96 bits per heavy atom. The summed E-state index contributed by atoms with van der Waals surface area (Å²) in [4.78, 5) is 12.0. The van der Waals surface area contributed by atoms with E-state index in [9.17, 15) is 4.79 Å². The number of nitrogens with one attached hydrogen (secondary N) is 1. The van der Waals surface area contributed by atoms with Crippen molar-refractivity contribution in [1.82, 2.24) is 5.43 Å². The van der Waals surface area contributed by atoms with Crippen LogP contribution in [0.3, 0.4) is 0 Å². The van der Waals surface area contributed by atoms with Gasteiger partial charge in [0, 0.05) is 5.02 Å². The molecule has 0 saturated heterocycles. The van der Waals surface area contributed by atoms with Gasteiger partial charge in [0.15, 0.2) is 6.61 Å². The minimum atomic E-state index is -0.316. The predicted molar refractivity (Wildman–Crippen MR) is 108 cm³/mol. The Kier molecular flexibility index (Phi) is 6.33. The maximum absolute atomic E-state index is 12.0. The number of carbonyl (C=O) groups is 1. The minimum absolute atomic E-state index is 0.124. The molecule has 2 aromatic rings. The first kappa shape index (κ1) is 18.9. The molecule has 6 heteroatoms. The molecule has 0 saturated carbocycles. The molecule has 26 heavy (non-hydrogen) atoms. The Morgan fingerprint density at radius 3 is 2.73 bits per heavy atom. The quantitative estimate of drug-likeness (QED) is 0.536. The monoisotopic (exact) mass is 434 g/mol. The Morgan fingerprint density at radius 1 is 1.19 bits per heavy atom. The third-order valence-electron chi connectivity index (χ3n) is 4.37. The molecule has 0 aromatic heterocycles. The first-order valence-electron chi connectivity index (χ1n) is 8.56. The summed E-state index contributed by atoms with van der Waals surface area (Å²) in [6.45, 7) is 1.77. The van der Waals surface area contributed by atoms with Gasteiger partial charge < -0.3 is 4.74 Å². The number of nitrogens with zero attached hydrogens (tertiary/aromatic N) is 1. The Balaban J connectivity index is 1.57. The lowest BCUT2D eigenvalue weighted by Crippen LogP contribution is -2.25. The van der Waals surface area contributed by atoms with Crippen molar-refractivity contribution in [2.45, 2.75) is 32.6 Å². The van der Waals surface area contributed by atoms with E-state index < -0.39 is 0 Å². The van der Waals surface area contributed by atoms with Gasteiger partial charge in [-0.3, -0.25) is 4.79 Å². The average Bonchev–Trinajstić information content (AvgIpc) is 2.65. The summed E-state index contributed by atoms with van der Waals surface area (Å²) in [5.41, 5.74) is 7.18. The van der Waals surface area contributed by atoms with Crippen LogP contribution in [-0.2, 0) is 17.6 Å². The molecule has 0 spiro atoms. The SMILES string of the molecule is C/C(=N/NC(=O)COc1ccc(Cl)cc1Br)c1ccc2c(c1)CCCC2. The third kappa shape index (κ3) is 4.86. The molecular formula is C20H20BrClN2O2. The lowest BCUT2D eigenvalue weighted by molar-refractivity contribution is -0.123. The van der Waals surface area contributed by atoms with Crippen molar-refractivity contribution in [2.24, 2.45) is 5.10 Å². The van der Waals surface area contributed by atoms with E-state index in [0.717, 1.165) is 24.1 Å². The Hall–Kier alpha value is -1.85. The van der Waals surface area contributed by atoms with Crippen molar-refractivity contribution in [3.8, 4) is 5.75 Å². The number of amides is 1. The minimum Gasteiger partial charge on any atom is -0.483 e. The van der Waals surface area contributed by atoms with Crippen LogP contribution in [-0.4, -0.2) is 18.2 Å². The van der Waals surface area contributed by atoms with Crippen LogP contribution < -0.4 is 10.2 Å². The summed E-state index contributed by atoms with van der Waals surface area (Å²) in [6.07, 6.45) is 4.77. The number of aryl methyl sites for hydroxylation is 2. The lowest BCUT2D eigenvalue weighted by Gasteiger charge is -2.16. The standard InChI is InChI=1S/C20H20BrClN2O2/c1-13(15-7-6-14-4-2-3-5-16(14)10-15)23-24-20(25)12-26-19-9-8-17(22)11-18(19)21/h6-11H,2-5,12H2,1H3,(H,24,25)/b23-13-. The maximum Gasteiger partial charge on any atom is 0.277 e. The molecule has 1 aliphatic carbocycles. The molecule has 0 heterocycles. The molecule has 0 bridgehead atoms. The second-order valence-electron chi connectivity index (χ2n) is 6.29. The van der Waals surface area contributed by atoms with Crippen LogP contribution in [0.1, 0.15) is 36.5 Å². The van der Waals surface area contributed by atoms with Crippen molar-refractivity contribution in [3.63, 3.8) is 0 Å². The molecule has 0 fully saturated rings. The molecule has 1 amide bonds. The van der Waals surface area contributed by atoms with Gasteiger partial charge in [0.05, 0.1) is 10.2 Å². The summed E-state index contributed by atoms with van der Waals surface area (Å²) in [6, 6.07) is 11.6. The molecule has 0 aliphatic heterocycles. The summed E-state index contributed by atoms with van der Waals surface area (Å²) in [5.74, 6) is 0.240. The normalized spacial score (nSPS) is 13.9. The van der Waals surface area contributed by atoms with Crippen LogP contribution in [0.15, 0.2) is 46.0 Å². The van der Waals surface area contributed by atoms with Gasteiger partial charge >= 0.3 is 0 Å². The number of rotatable bonds is 5. The molecule has 4 nitrogen and oxygen atoms in total. The summed E-state index contributed by atoms with van der Waals surface area (Å²) in [5, 5.41) is 4.79. The molecule has 0 atom stereocenters. The highest BCUT2D eigenvalue weighted by Crippen LogP contribution is 2.27. The van der Waals surface area contributed by atoms with Crippen molar-refractivity contribution in [1.29, 1.82) is 0 Å². The number of hydrogen-bond acceptors (Lipinski definition) is 3. The molecule has 3 rings (SSSR count). The number of halogens is 2. The average molecular weight is 436 g/mol. The molecule has 2 aromatic carbocycles. The van der Waals surface area contributed by atoms with E-state index in [4.69, 9.17) is 16.3 Å². The van der Waals surface area contributed by atoms with Crippen molar-refractivity contribution in [2.75, 3.05) is 6.61 Å². The molecule has 136 valence electrons. The zero-order valence-electron chi connectivity index (χ0n) is 14.5. The van der Waals surface area contributed by atoms with Crippen LogP contribution >= 0.6 is 27.5 Å². The summed E-state index contributed by atoms with van der Waals surface area (Å²) in [7, 11) is 0. The fraction of sp³-hybridized carbons (Fsp3) is 0.300. The van der Waals surface area contributed by atoms with Crippen molar-refractivity contribution >= 4 is 39.1 Å². The van der Waals surface area contributed by atoms with Gasteiger partial charge in [-0.15, -0.1) is 0 Å². The predicted octanol–water partition coefficient (Wildman–Crippen LogP) is 4.90. The second-order valence-corrected chi connectivity index (χ2v) is 7.58. The van der Waals surface area contributed by atoms with Crippen molar-refractivity contribution in [3.05, 3.63) is 62.6 Å². The Labute approximate surface area is 166 Å². The first-order valence-corrected chi connectivity index (χ1v) is 9.73. The van der Waals surface area contributed by atoms with Crippen LogP contribution in [0.2, 0.25) is 5.02 Å². The van der Waals surface area contributed by atoms with E-state index in [-0.39, 0.29) is 12.5 Å². The highest BCUT2D eigenvalue weighted by atomic mass is 79.9. The zero-order valence-corrected chi connectivity index (χ0v) is 16.9. The van der Waals surface area contributed by atoms with Gasteiger partial charge in [0.1, 0.15) is 5.75 Å². The van der Waals surface area contributed by atoms with Gasteiger partial charge in [-0.2, -0.15) is 5.10 Å². The number of carbonyl (C=O) groups excluding carboxylic acids is 1. The van der Waals surface area contributed by atoms with Crippen LogP contribution in [0.5, 0.6) is 5.75 Å². The van der Waals surface area contributed by atoms with E-state index >= 15 is 0 Å².